The lowest BCUT2D eigenvalue weighted by molar-refractivity contribution is 0.0663. The van der Waals surface area contributed by atoms with E-state index in [1.807, 2.05) is 42.3 Å². The average molecular weight is 568 g/mol. The zero-order valence-corrected chi connectivity index (χ0v) is 24.9. The number of nitrogens with zero attached hydrogens (tertiary/aromatic N) is 5. The molecular formula is C33H37N5O2S. The Morgan fingerprint density at radius 1 is 0.878 bits per heavy atom. The van der Waals surface area contributed by atoms with Gasteiger partial charge in [-0.1, -0.05) is 36.4 Å². The van der Waals surface area contributed by atoms with Crippen molar-refractivity contribution in [3.05, 3.63) is 83.0 Å². The van der Waals surface area contributed by atoms with Crippen molar-refractivity contribution in [3.63, 3.8) is 0 Å². The first-order valence-corrected chi connectivity index (χ1v) is 15.9. The number of para-hydroxylation sites is 1. The Hall–Kier alpha value is -3.46. The van der Waals surface area contributed by atoms with Crippen molar-refractivity contribution in [1.29, 1.82) is 0 Å². The highest BCUT2D eigenvalue weighted by Gasteiger charge is 2.22. The van der Waals surface area contributed by atoms with Gasteiger partial charge in [0.1, 0.15) is 0 Å². The Morgan fingerprint density at radius 3 is 2.34 bits per heavy atom. The van der Waals surface area contributed by atoms with E-state index < -0.39 is 10.8 Å². The number of amides is 1. The highest BCUT2D eigenvalue weighted by molar-refractivity contribution is 7.85. The van der Waals surface area contributed by atoms with Crippen LogP contribution in [0.3, 0.4) is 0 Å². The highest BCUT2D eigenvalue weighted by atomic mass is 32.2. The third-order valence-electron chi connectivity index (χ3n) is 8.43. The first-order valence-electron chi connectivity index (χ1n) is 14.4. The molecule has 0 bridgehead atoms. The number of likely N-dealkylation sites (N-methyl/N-ethyl adjacent to an activating group) is 1. The summed E-state index contributed by atoms with van der Waals surface area (Å²) >= 11 is 0. The van der Waals surface area contributed by atoms with Gasteiger partial charge in [-0.05, 0) is 61.3 Å². The molecule has 0 radical (unpaired) electrons. The van der Waals surface area contributed by atoms with Crippen molar-refractivity contribution in [2.75, 3.05) is 57.8 Å². The monoisotopic (exact) mass is 567 g/mol. The van der Waals surface area contributed by atoms with Gasteiger partial charge in [-0.25, -0.2) is 4.98 Å². The van der Waals surface area contributed by atoms with Crippen LogP contribution in [0.4, 0.5) is 0 Å². The molecule has 2 aliphatic rings. The van der Waals surface area contributed by atoms with Crippen LogP contribution in [-0.2, 0) is 17.3 Å². The molecule has 2 fully saturated rings. The maximum atomic E-state index is 13.2. The minimum atomic E-state index is -0.662. The van der Waals surface area contributed by atoms with Crippen molar-refractivity contribution < 1.29 is 9.00 Å². The molecule has 3 heterocycles. The van der Waals surface area contributed by atoms with E-state index in [1.165, 1.54) is 11.1 Å². The lowest BCUT2D eigenvalue weighted by Crippen LogP contribution is -2.47. The van der Waals surface area contributed by atoms with E-state index >= 15 is 0 Å². The second-order valence-corrected chi connectivity index (χ2v) is 13.0. The third-order valence-corrected chi connectivity index (χ3v) is 9.71. The van der Waals surface area contributed by atoms with E-state index in [4.69, 9.17) is 9.97 Å². The molecule has 0 saturated carbocycles. The first kappa shape index (κ1) is 27.7. The lowest BCUT2D eigenvalue weighted by Gasteiger charge is -2.32. The van der Waals surface area contributed by atoms with Crippen LogP contribution in [0.15, 0.2) is 60.8 Å². The van der Waals surface area contributed by atoms with Crippen molar-refractivity contribution in [2.45, 2.75) is 20.4 Å². The van der Waals surface area contributed by atoms with Crippen LogP contribution in [0.2, 0.25) is 0 Å². The normalized spacial score (nSPS) is 17.3. The number of rotatable bonds is 5. The number of carbonyl (C=O) groups excluding carboxylic acids is 1. The number of fused-ring (bicyclic) bond motifs is 1. The molecule has 6 rings (SSSR count). The average Bonchev–Trinajstić information content (AvgIpc) is 2.98. The van der Waals surface area contributed by atoms with Gasteiger partial charge in [0.25, 0.3) is 5.91 Å². The zero-order chi connectivity index (χ0) is 28.5. The van der Waals surface area contributed by atoms with Crippen LogP contribution in [0, 0.1) is 13.8 Å². The highest BCUT2D eigenvalue weighted by Crippen LogP contribution is 2.31. The summed E-state index contributed by atoms with van der Waals surface area (Å²) in [6, 6.07) is 18.8. The smallest absolute Gasteiger partial charge is 0.254 e. The summed E-state index contributed by atoms with van der Waals surface area (Å²) in [4.78, 5) is 29.6. The van der Waals surface area contributed by atoms with Crippen LogP contribution < -0.4 is 0 Å². The van der Waals surface area contributed by atoms with Gasteiger partial charge in [-0.15, -0.1) is 0 Å². The van der Waals surface area contributed by atoms with Gasteiger partial charge >= 0.3 is 0 Å². The summed E-state index contributed by atoms with van der Waals surface area (Å²) in [5, 5.41) is 0. The minimum Gasteiger partial charge on any atom is -0.336 e. The summed E-state index contributed by atoms with van der Waals surface area (Å²) < 4.78 is 11.7. The second-order valence-electron chi connectivity index (χ2n) is 11.3. The quantitative estimate of drug-likeness (QED) is 0.353. The van der Waals surface area contributed by atoms with Crippen molar-refractivity contribution in [2.24, 2.45) is 0 Å². The topological polar surface area (TPSA) is 69.6 Å². The SMILES string of the molecule is Cc1cc(-c2cccc3ncc(-c4ccc(C(=O)N5CCN(C)CC5)c(C)c4)nc23)ccc1CN1CCS(=O)CC1. The van der Waals surface area contributed by atoms with E-state index in [9.17, 15) is 9.00 Å². The number of aromatic nitrogens is 2. The molecule has 0 aliphatic carbocycles. The van der Waals surface area contributed by atoms with E-state index in [0.717, 1.165) is 102 Å². The fraction of sp³-hybridized carbons (Fsp3) is 0.364. The Morgan fingerprint density at radius 2 is 1.61 bits per heavy atom. The molecule has 0 unspecified atom stereocenters. The summed E-state index contributed by atoms with van der Waals surface area (Å²) in [7, 11) is 1.43. The third kappa shape index (κ3) is 5.96. The van der Waals surface area contributed by atoms with Crippen LogP contribution in [0.1, 0.15) is 27.0 Å². The minimum absolute atomic E-state index is 0.100. The predicted octanol–water partition coefficient (Wildman–Crippen LogP) is 4.53. The van der Waals surface area contributed by atoms with Crippen LogP contribution in [-0.4, -0.2) is 92.6 Å². The van der Waals surface area contributed by atoms with Crippen molar-refractivity contribution >= 4 is 27.7 Å². The molecule has 2 aliphatic heterocycles. The number of benzene rings is 3. The Bertz CT molecular complexity index is 1620. The van der Waals surface area contributed by atoms with E-state index in [1.54, 1.807) is 0 Å². The van der Waals surface area contributed by atoms with Crippen LogP contribution in [0.25, 0.3) is 33.4 Å². The number of aryl methyl sites for hydroxylation is 2. The second kappa shape index (κ2) is 11.8. The van der Waals surface area contributed by atoms with Crippen molar-refractivity contribution in [1.82, 2.24) is 24.7 Å². The standard InChI is InChI=1S/C33H37N5O2S/c1-23-19-25(7-8-27(23)22-37-15-17-41(40)18-16-37)29-5-4-6-30-32(29)35-31(21-34-30)26-9-10-28(24(2)20-26)33(39)38-13-11-36(3)12-14-38/h4-10,19-21H,11-18,22H2,1-3H3. The van der Waals surface area contributed by atoms with Gasteiger partial charge in [-0.2, -0.15) is 0 Å². The Kier molecular flexibility index (Phi) is 7.97. The van der Waals surface area contributed by atoms with Crippen LogP contribution >= 0.6 is 0 Å². The predicted molar refractivity (Wildman–Crippen MR) is 166 cm³/mol. The first-order chi connectivity index (χ1) is 19.9. The lowest BCUT2D eigenvalue weighted by atomic mass is 9.98. The largest absolute Gasteiger partial charge is 0.336 e. The van der Waals surface area contributed by atoms with Crippen LogP contribution in [0.5, 0.6) is 0 Å². The molecule has 1 amide bonds. The molecule has 8 heteroatoms. The molecule has 7 nitrogen and oxygen atoms in total. The van der Waals surface area contributed by atoms with E-state index in [2.05, 4.69) is 54.1 Å². The number of carbonyl (C=O) groups is 1. The Balaban J connectivity index is 1.27. The fourth-order valence-electron chi connectivity index (χ4n) is 5.76. The molecule has 41 heavy (non-hydrogen) atoms. The van der Waals surface area contributed by atoms with Gasteiger partial charge in [0.15, 0.2) is 0 Å². The van der Waals surface area contributed by atoms with Gasteiger partial charge in [-0.3, -0.25) is 18.9 Å². The van der Waals surface area contributed by atoms with Crippen molar-refractivity contribution in [3.8, 4) is 22.4 Å². The maximum absolute atomic E-state index is 13.2. The molecule has 1 aromatic heterocycles. The van der Waals surface area contributed by atoms with E-state index in [-0.39, 0.29) is 5.91 Å². The number of hydrogen-bond acceptors (Lipinski definition) is 6. The summed E-state index contributed by atoms with van der Waals surface area (Å²) in [5.74, 6) is 1.63. The molecule has 3 aromatic carbocycles. The van der Waals surface area contributed by atoms with Gasteiger partial charge < -0.3 is 9.80 Å². The summed E-state index contributed by atoms with van der Waals surface area (Å²) in [6.07, 6.45) is 1.82. The number of piperazine rings is 1. The van der Waals surface area contributed by atoms with Gasteiger partial charge in [0.05, 0.1) is 22.9 Å². The molecular weight excluding hydrogens is 530 g/mol. The fourth-order valence-corrected chi connectivity index (χ4v) is 6.89. The molecule has 4 aromatic rings. The molecule has 212 valence electrons. The van der Waals surface area contributed by atoms with Gasteiger partial charge in [0, 0.05) is 84.8 Å². The molecule has 2 saturated heterocycles. The van der Waals surface area contributed by atoms with E-state index in [0.29, 0.717) is 0 Å². The summed E-state index contributed by atoms with van der Waals surface area (Å²) in [6.45, 7) is 10.2. The maximum Gasteiger partial charge on any atom is 0.254 e. The zero-order valence-electron chi connectivity index (χ0n) is 24.1. The Labute approximate surface area is 244 Å². The van der Waals surface area contributed by atoms with Gasteiger partial charge in [0.2, 0.25) is 0 Å². The molecule has 0 atom stereocenters. The molecule has 0 spiro atoms. The molecule has 0 N–H and O–H groups in total. The number of hydrogen-bond donors (Lipinski definition) is 0. The summed E-state index contributed by atoms with van der Waals surface area (Å²) in [5.41, 5.74) is 9.89.